The summed E-state index contributed by atoms with van der Waals surface area (Å²) in [7, 11) is 0. The first-order valence-electron chi connectivity index (χ1n) is 7.61. The van der Waals surface area contributed by atoms with Gasteiger partial charge in [0.25, 0.3) is 0 Å². The minimum Gasteiger partial charge on any atom is -0.344 e. The summed E-state index contributed by atoms with van der Waals surface area (Å²) >= 11 is 0. The molecule has 0 spiro atoms. The average Bonchev–Trinajstić information content (AvgIpc) is 2.55. The van der Waals surface area contributed by atoms with E-state index in [0.29, 0.717) is 13.0 Å². The SMILES string of the molecule is CCCCC(C)N1CCC(=O)NC(C(C)CC)C1=O. The molecule has 0 bridgehead atoms. The van der Waals surface area contributed by atoms with E-state index in [2.05, 4.69) is 26.1 Å². The number of hydrogen-bond acceptors (Lipinski definition) is 2. The van der Waals surface area contributed by atoms with Crippen molar-refractivity contribution in [1.29, 1.82) is 0 Å². The highest BCUT2D eigenvalue weighted by molar-refractivity contribution is 5.90. The van der Waals surface area contributed by atoms with Crippen molar-refractivity contribution in [2.24, 2.45) is 5.92 Å². The Balaban J connectivity index is 2.80. The molecule has 0 aromatic rings. The zero-order valence-corrected chi connectivity index (χ0v) is 12.7. The first-order chi connectivity index (χ1) is 9.01. The van der Waals surface area contributed by atoms with Crippen molar-refractivity contribution in [3.63, 3.8) is 0 Å². The summed E-state index contributed by atoms with van der Waals surface area (Å²) in [4.78, 5) is 26.3. The van der Waals surface area contributed by atoms with Crippen molar-refractivity contribution in [3.05, 3.63) is 0 Å². The summed E-state index contributed by atoms with van der Waals surface area (Å²) in [6.45, 7) is 8.90. The van der Waals surface area contributed by atoms with Gasteiger partial charge >= 0.3 is 0 Å². The van der Waals surface area contributed by atoms with Crippen LogP contribution in [0.2, 0.25) is 0 Å². The topological polar surface area (TPSA) is 49.4 Å². The van der Waals surface area contributed by atoms with Crippen LogP contribution >= 0.6 is 0 Å². The van der Waals surface area contributed by atoms with Gasteiger partial charge in [-0.2, -0.15) is 0 Å². The average molecular weight is 268 g/mol. The Labute approximate surface area is 116 Å². The summed E-state index contributed by atoms with van der Waals surface area (Å²) < 4.78 is 0. The van der Waals surface area contributed by atoms with E-state index in [-0.39, 0.29) is 29.8 Å². The van der Waals surface area contributed by atoms with E-state index in [1.54, 1.807) is 0 Å². The van der Waals surface area contributed by atoms with Crippen molar-refractivity contribution < 1.29 is 9.59 Å². The summed E-state index contributed by atoms with van der Waals surface area (Å²) in [5.41, 5.74) is 0. The summed E-state index contributed by atoms with van der Waals surface area (Å²) in [5, 5.41) is 2.89. The van der Waals surface area contributed by atoms with Gasteiger partial charge in [0, 0.05) is 19.0 Å². The highest BCUT2D eigenvalue weighted by Gasteiger charge is 2.34. The molecule has 3 unspecified atom stereocenters. The third-order valence-electron chi connectivity index (χ3n) is 4.17. The quantitative estimate of drug-likeness (QED) is 0.803. The molecule has 1 fully saturated rings. The third-order valence-corrected chi connectivity index (χ3v) is 4.17. The number of carbonyl (C=O) groups excluding carboxylic acids is 2. The van der Waals surface area contributed by atoms with Crippen molar-refractivity contribution in [1.82, 2.24) is 10.2 Å². The zero-order chi connectivity index (χ0) is 14.4. The molecule has 110 valence electrons. The fourth-order valence-corrected chi connectivity index (χ4v) is 2.53. The Morgan fingerprint density at radius 2 is 2.00 bits per heavy atom. The fraction of sp³-hybridized carbons (Fsp3) is 0.867. The predicted octanol–water partition coefficient (Wildman–Crippen LogP) is 2.33. The second kappa shape index (κ2) is 7.51. The van der Waals surface area contributed by atoms with Crippen LogP contribution in [0.1, 0.15) is 59.8 Å². The lowest BCUT2D eigenvalue weighted by molar-refractivity contribution is -0.136. The van der Waals surface area contributed by atoms with Crippen LogP contribution in [0, 0.1) is 5.92 Å². The van der Waals surface area contributed by atoms with Gasteiger partial charge in [0.1, 0.15) is 6.04 Å². The molecule has 4 nitrogen and oxygen atoms in total. The number of rotatable bonds is 6. The molecule has 1 rings (SSSR count). The summed E-state index contributed by atoms with van der Waals surface area (Å²) in [6, 6.07) is -0.115. The first-order valence-corrected chi connectivity index (χ1v) is 7.61. The molecule has 1 heterocycles. The fourth-order valence-electron chi connectivity index (χ4n) is 2.53. The molecule has 0 aliphatic carbocycles. The van der Waals surface area contributed by atoms with Gasteiger partial charge in [-0.15, -0.1) is 0 Å². The van der Waals surface area contributed by atoms with Crippen LogP contribution in [-0.2, 0) is 9.59 Å². The molecule has 1 saturated heterocycles. The van der Waals surface area contributed by atoms with Crippen LogP contribution in [-0.4, -0.2) is 35.3 Å². The van der Waals surface area contributed by atoms with Gasteiger partial charge < -0.3 is 10.2 Å². The molecule has 1 aliphatic heterocycles. The minimum atomic E-state index is -0.343. The molecule has 0 aromatic carbocycles. The van der Waals surface area contributed by atoms with Crippen molar-refractivity contribution in [2.75, 3.05) is 6.54 Å². The lowest BCUT2D eigenvalue weighted by atomic mass is 9.97. The van der Waals surface area contributed by atoms with Gasteiger partial charge in [-0.25, -0.2) is 0 Å². The first kappa shape index (κ1) is 16.0. The van der Waals surface area contributed by atoms with E-state index in [1.165, 1.54) is 0 Å². The van der Waals surface area contributed by atoms with Crippen LogP contribution in [0.5, 0.6) is 0 Å². The van der Waals surface area contributed by atoms with Crippen molar-refractivity contribution in [2.45, 2.75) is 71.9 Å². The van der Waals surface area contributed by atoms with E-state index in [4.69, 9.17) is 0 Å². The van der Waals surface area contributed by atoms with Crippen LogP contribution in [0.4, 0.5) is 0 Å². The highest BCUT2D eigenvalue weighted by atomic mass is 16.2. The smallest absolute Gasteiger partial charge is 0.245 e. The van der Waals surface area contributed by atoms with Crippen molar-refractivity contribution >= 4 is 11.8 Å². The lowest BCUT2D eigenvalue weighted by Gasteiger charge is -2.31. The predicted molar refractivity (Wildman–Crippen MR) is 76.7 cm³/mol. The van der Waals surface area contributed by atoms with E-state index < -0.39 is 0 Å². The van der Waals surface area contributed by atoms with E-state index >= 15 is 0 Å². The van der Waals surface area contributed by atoms with Crippen LogP contribution < -0.4 is 5.32 Å². The highest BCUT2D eigenvalue weighted by Crippen LogP contribution is 2.18. The van der Waals surface area contributed by atoms with E-state index in [0.717, 1.165) is 25.7 Å². The Morgan fingerprint density at radius 1 is 1.32 bits per heavy atom. The molecule has 3 atom stereocenters. The van der Waals surface area contributed by atoms with Crippen LogP contribution in [0.3, 0.4) is 0 Å². The number of amides is 2. The Kier molecular flexibility index (Phi) is 6.32. The summed E-state index contributed by atoms with van der Waals surface area (Å²) in [6.07, 6.45) is 4.60. The zero-order valence-electron chi connectivity index (χ0n) is 12.7. The van der Waals surface area contributed by atoms with Crippen LogP contribution in [0.15, 0.2) is 0 Å². The molecule has 1 aliphatic rings. The second-order valence-corrected chi connectivity index (χ2v) is 5.70. The molecule has 4 heteroatoms. The van der Waals surface area contributed by atoms with E-state index in [9.17, 15) is 9.59 Å². The number of unbranched alkanes of at least 4 members (excludes halogenated alkanes) is 1. The lowest BCUT2D eigenvalue weighted by Crippen LogP contribution is -2.50. The number of carbonyl (C=O) groups is 2. The van der Waals surface area contributed by atoms with Gasteiger partial charge in [-0.1, -0.05) is 40.0 Å². The van der Waals surface area contributed by atoms with E-state index in [1.807, 2.05) is 11.8 Å². The molecule has 0 radical (unpaired) electrons. The Bertz CT molecular complexity index is 317. The summed E-state index contributed by atoms with van der Waals surface area (Å²) in [5.74, 6) is 0.295. The molecule has 1 N–H and O–H groups in total. The standard InChI is InChI=1S/C15H28N2O2/c1-5-7-8-12(4)17-10-9-13(18)16-14(15(17)19)11(3)6-2/h11-12,14H,5-10H2,1-4H3,(H,16,18). The maximum atomic E-state index is 12.6. The van der Waals surface area contributed by atoms with Crippen molar-refractivity contribution in [3.8, 4) is 0 Å². The molecule has 19 heavy (non-hydrogen) atoms. The van der Waals surface area contributed by atoms with Gasteiger partial charge in [-0.3, -0.25) is 9.59 Å². The molecule has 2 amide bonds. The van der Waals surface area contributed by atoms with Gasteiger partial charge in [0.05, 0.1) is 0 Å². The van der Waals surface area contributed by atoms with Gasteiger partial charge in [0.2, 0.25) is 11.8 Å². The normalized spacial score (nSPS) is 23.8. The molecular weight excluding hydrogens is 240 g/mol. The third kappa shape index (κ3) is 4.22. The number of nitrogens with one attached hydrogen (secondary N) is 1. The molecule has 0 saturated carbocycles. The second-order valence-electron chi connectivity index (χ2n) is 5.70. The Hall–Kier alpha value is -1.06. The monoisotopic (exact) mass is 268 g/mol. The van der Waals surface area contributed by atoms with Crippen LogP contribution in [0.25, 0.3) is 0 Å². The molecule has 0 aromatic heterocycles. The number of hydrogen-bond donors (Lipinski definition) is 1. The maximum Gasteiger partial charge on any atom is 0.245 e. The minimum absolute atomic E-state index is 0.00356. The number of nitrogens with zero attached hydrogens (tertiary/aromatic N) is 1. The largest absolute Gasteiger partial charge is 0.344 e. The van der Waals surface area contributed by atoms with Gasteiger partial charge in [0.15, 0.2) is 0 Å². The molecular formula is C15H28N2O2. The Morgan fingerprint density at radius 3 is 2.58 bits per heavy atom. The maximum absolute atomic E-state index is 12.6. The van der Waals surface area contributed by atoms with Gasteiger partial charge in [-0.05, 0) is 19.3 Å².